The molecule has 1 fully saturated rings. The zero-order valence-corrected chi connectivity index (χ0v) is 16.9. The number of aromatic hydroxyl groups is 1. The van der Waals surface area contributed by atoms with Gasteiger partial charge in [-0.15, -0.1) is 0 Å². The van der Waals surface area contributed by atoms with Gasteiger partial charge in [-0.2, -0.15) is 0 Å². The van der Waals surface area contributed by atoms with Gasteiger partial charge in [-0.25, -0.2) is 0 Å². The van der Waals surface area contributed by atoms with Gasteiger partial charge in [0.1, 0.15) is 11.5 Å². The van der Waals surface area contributed by atoms with Crippen LogP contribution in [0.5, 0.6) is 17.2 Å². The number of carbonyl (C=O) groups is 1. The molecular formula is C20H21N2O6S+. The van der Waals surface area contributed by atoms with Crippen LogP contribution in [0.4, 0.5) is 0 Å². The lowest BCUT2D eigenvalue weighted by Gasteiger charge is -2.26. The van der Waals surface area contributed by atoms with Crippen LogP contribution < -0.4 is 15.0 Å². The standard InChI is InChI=1S/C20H20N2O6S/c1-26-15-10-12-13(11-16(15)27-2)21-19(24)18(17(12)23)29-8-5-22(6-9-29)20(25)14-4-3-7-28-14/h3-4,7,10-11H,5-6,8-9H2,1-2H3,(H-,21,23,24)/p+1. The molecule has 0 atom stereocenters. The van der Waals surface area contributed by atoms with E-state index in [-0.39, 0.29) is 17.2 Å². The van der Waals surface area contributed by atoms with Gasteiger partial charge in [0.25, 0.3) is 10.8 Å². The van der Waals surface area contributed by atoms with E-state index in [0.717, 1.165) is 0 Å². The minimum Gasteiger partial charge on any atom is -0.503 e. The van der Waals surface area contributed by atoms with Crippen molar-refractivity contribution < 1.29 is 23.8 Å². The number of rotatable bonds is 4. The molecule has 8 nitrogen and oxygen atoms in total. The molecule has 0 saturated carbocycles. The second-order valence-electron chi connectivity index (χ2n) is 6.56. The van der Waals surface area contributed by atoms with Crippen LogP contribution in [-0.2, 0) is 10.9 Å². The molecule has 0 radical (unpaired) electrons. The Morgan fingerprint density at radius 2 is 1.90 bits per heavy atom. The van der Waals surface area contributed by atoms with Gasteiger partial charge in [-0.1, -0.05) is 0 Å². The molecule has 0 spiro atoms. The Morgan fingerprint density at radius 1 is 1.21 bits per heavy atom. The van der Waals surface area contributed by atoms with Gasteiger partial charge >= 0.3 is 5.56 Å². The van der Waals surface area contributed by atoms with Crippen molar-refractivity contribution in [1.29, 1.82) is 0 Å². The first-order valence-corrected chi connectivity index (χ1v) is 10.6. The second-order valence-corrected chi connectivity index (χ2v) is 8.77. The lowest BCUT2D eigenvalue weighted by atomic mass is 10.2. The third-order valence-electron chi connectivity index (χ3n) is 4.97. The van der Waals surface area contributed by atoms with Crippen molar-refractivity contribution in [3.63, 3.8) is 0 Å². The fourth-order valence-corrected chi connectivity index (χ4v) is 5.66. The lowest BCUT2D eigenvalue weighted by Crippen LogP contribution is -2.44. The molecule has 1 aliphatic heterocycles. The Labute approximate surface area is 169 Å². The minimum absolute atomic E-state index is 0.0427. The van der Waals surface area contributed by atoms with Gasteiger partial charge in [-0.05, 0) is 18.2 Å². The number of aromatic nitrogens is 1. The van der Waals surface area contributed by atoms with Crippen LogP contribution in [0, 0.1) is 0 Å². The van der Waals surface area contributed by atoms with E-state index in [9.17, 15) is 14.7 Å². The predicted octanol–water partition coefficient (Wildman–Crippen LogP) is 1.98. The van der Waals surface area contributed by atoms with Gasteiger partial charge in [0.05, 0.1) is 39.1 Å². The number of aromatic amines is 1. The van der Waals surface area contributed by atoms with Gasteiger partial charge in [-0.3, -0.25) is 9.59 Å². The maximum absolute atomic E-state index is 12.7. The van der Waals surface area contributed by atoms with Crippen LogP contribution in [0.2, 0.25) is 0 Å². The number of H-pyrrole nitrogens is 1. The molecule has 0 unspecified atom stereocenters. The number of benzene rings is 1. The van der Waals surface area contributed by atoms with Gasteiger partial charge < -0.3 is 28.9 Å². The van der Waals surface area contributed by atoms with Gasteiger partial charge in [0, 0.05) is 22.3 Å². The highest BCUT2D eigenvalue weighted by Gasteiger charge is 2.37. The molecule has 1 amide bonds. The van der Waals surface area contributed by atoms with Gasteiger partial charge in [0.15, 0.2) is 23.0 Å². The van der Waals surface area contributed by atoms with E-state index in [1.807, 2.05) is 0 Å². The molecule has 2 N–H and O–H groups in total. The molecular weight excluding hydrogens is 396 g/mol. The third-order valence-corrected chi connectivity index (χ3v) is 7.28. The van der Waals surface area contributed by atoms with Crippen molar-refractivity contribution in [3.8, 4) is 17.2 Å². The van der Waals surface area contributed by atoms with Crippen LogP contribution in [-0.4, -0.2) is 59.7 Å². The number of carbonyl (C=O) groups excluding carboxylic acids is 1. The summed E-state index contributed by atoms with van der Waals surface area (Å²) in [5, 5.41) is 11.4. The number of methoxy groups -OCH3 is 2. The Morgan fingerprint density at radius 3 is 2.52 bits per heavy atom. The average molecular weight is 417 g/mol. The second kappa shape index (κ2) is 7.75. The maximum atomic E-state index is 12.7. The third kappa shape index (κ3) is 3.42. The molecule has 29 heavy (non-hydrogen) atoms. The van der Waals surface area contributed by atoms with E-state index in [4.69, 9.17) is 13.9 Å². The van der Waals surface area contributed by atoms with E-state index < -0.39 is 10.9 Å². The summed E-state index contributed by atoms with van der Waals surface area (Å²) in [6.07, 6.45) is 1.47. The largest absolute Gasteiger partial charge is 0.503 e. The number of furan rings is 1. The van der Waals surface area contributed by atoms with Crippen LogP contribution >= 0.6 is 0 Å². The Hall–Kier alpha value is -3.07. The summed E-state index contributed by atoms with van der Waals surface area (Å²) in [5.74, 6) is 2.24. The zero-order valence-electron chi connectivity index (χ0n) is 16.1. The van der Waals surface area contributed by atoms with Crippen molar-refractivity contribution in [2.75, 3.05) is 38.8 Å². The maximum Gasteiger partial charge on any atom is 0.307 e. The number of amides is 1. The van der Waals surface area contributed by atoms with Crippen LogP contribution in [0.15, 0.2) is 44.6 Å². The predicted molar refractivity (Wildman–Crippen MR) is 109 cm³/mol. The Kier molecular flexibility index (Phi) is 5.14. The van der Waals surface area contributed by atoms with Gasteiger partial charge in [0.2, 0.25) is 0 Å². The highest BCUT2D eigenvalue weighted by molar-refractivity contribution is 7.97. The fraction of sp³-hybridized carbons (Fsp3) is 0.300. The lowest BCUT2D eigenvalue weighted by molar-refractivity contribution is 0.0739. The molecule has 152 valence electrons. The minimum atomic E-state index is -0.477. The van der Waals surface area contributed by atoms with Crippen molar-refractivity contribution in [2.24, 2.45) is 0 Å². The summed E-state index contributed by atoms with van der Waals surface area (Å²) < 4.78 is 15.8. The highest BCUT2D eigenvalue weighted by atomic mass is 32.2. The molecule has 3 heterocycles. The number of fused-ring (bicyclic) bond motifs is 1. The first-order valence-electron chi connectivity index (χ1n) is 9.04. The van der Waals surface area contributed by atoms with E-state index in [1.54, 1.807) is 29.2 Å². The van der Waals surface area contributed by atoms with E-state index in [2.05, 4.69) is 4.98 Å². The van der Waals surface area contributed by atoms with Crippen LogP contribution in [0.3, 0.4) is 0 Å². The van der Waals surface area contributed by atoms with Crippen LogP contribution in [0.1, 0.15) is 10.6 Å². The quantitative estimate of drug-likeness (QED) is 0.629. The number of hydrogen-bond acceptors (Lipinski definition) is 6. The fourth-order valence-electron chi connectivity index (χ4n) is 3.47. The molecule has 0 aliphatic carbocycles. The highest BCUT2D eigenvalue weighted by Crippen LogP contribution is 2.37. The van der Waals surface area contributed by atoms with Crippen molar-refractivity contribution in [2.45, 2.75) is 4.90 Å². The molecule has 0 bridgehead atoms. The SMILES string of the molecule is COc1cc2[nH]c(=O)c([S+]3CCN(C(=O)c4ccco4)CC3)c(O)c2cc1OC. The Bertz CT molecular complexity index is 1100. The monoisotopic (exact) mass is 417 g/mol. The van der Waals surface area contributed by atoms with Crippen molar-refractivity contribution >= 4 is 27.7 Å². The normalized spacial score (nSPS) is 14.9. The summed E-state index contributed by atoms with van der Waals surface area (Å²) in [4.78, 5) is 30.1. The summed E-state index contributed by atoms with van der Waals surface area (Å²) in [7, 11) is 2.55. The molecule has 1 aliphatic rings. The molecule has 9 heteroatoms. The van der Waals surface area contributed by atoms with Crippen LogP contribution in [0.25, 0.3) is 10.9 Å². The summed E-state index contributed by atoms with van der Waals surface area (Å²) >= 11 is 0. The number of ether oxygens (including phenoxy) is 2. The van der Waals surface area contributed by atoms with E-state index in [0.29, 0.717) is 57.7 Å². The molecule has 3 aromatic rings. The summed E-state index contributed by atoms with van der Waals surface area (Å²) in [6.45, 7) is 0.983. The number of nitrogens with one attached hydrogen (secondary N) is 1. The zero-order chi connectivity index (χ0) is 20.5. The number of nitrogens with zero attached hydrogens (tertiary/aromatic N) is 1. The summed E-state index contributed by atoms with van der Waals surface area (Å²) in [5.41, 5.74) is 0.153. The number of hydrogen-bond donors (Lipinski definition) is 2. The summed E-state index contributed by atoms with van der Waals surface area (Å²) in [6, 6.07) is 6.60. The molecule has 1 saturated heterocycles. The molecule has 4 rings (SSSR count). The van der Waals surface area contributed by atoms with E-state index in [1.165, 1.54) is 20.5 Å². The average Bonchev–Trinajstić information content (AvgIpc) is 3.28. The molecule has 1 aromatic carbocycles. The first kappa shape index (κ1) is 19.3. The van der Waals surface area contributed by atoms with Crippen molar-refractivity contribution in [1.82, 2.24) is 9.88 Å². The topological polar surface area (TPSA) is 105 Å². The first-order chi connectivity index (χ1) is 14.0. The van der Waals surface area contributed by atoms with Crippen molar-refractivity contribution in [3.05, 3.63) is 46.6 Å². The van der Waals surface area contributed by atoms with E-state index >= 15 is 0 Å². The smallest absolute Gasteiger partial charge is 0.307 e. The molecule has 2 aromatic heterocycles. The Balaban J connectivity index is 1.63. The number of pyridine rings is 1.